The first-order valence-electron chi connectivity index (χ1n) is 6.41. The summed E-state index contributed by atoms with van der Waals surface area (Å²) in [7, 11) is 0. The summed E-state index contributed by atoms with van der Waals surface area (Å²) in [6.45, 7) is 3.86. The van der Waals surface area contributed by atoms with Crippen LogP contribution in [0.5, 0.6) is 0 Å². The third-order valence-corrected chi connectivity index (χ3v) is 2.43. The topological polar surface area (TPSA) is 55.4 Å². The Bertz CT molecular complexity index is 432. The highest BCUT2D eigenvalue weighted by molar-refractivity contribution is 6.17. The number of hydrogen-bond acceptors (Lipinski definition) is 4. The van der Waals surface area contributed by atoms with E-state index in [4.69, 9.17) is 4.74 Å². The van der Waals surface area contributed by atoms with Crippen molar-refractivity contribution >= 4 is 17.4 Å². The third kappa shape index (κ3) is 4.95. The average Bonchev–Trinajstić information content (AvgIpc) is 2.41. The molecule has 0 heterocycles. The second kappa shape index (κ2) is 8.08. The number of anilines is 1. The number of carbonyl (C=O) groups excluding carboxylic acids is 2. The molecule has 0 saturated carbocycles. The van der Waals surface area contributed by atoms with Crippen molar-refractivity contribution in [3.63, 3.8) is 0 Å². The molecule has 0 spiro atoms. The Morgan fingerprint density at radius 2 is 1.89 bits per heavy atom. The number of hydrogen-bond donors (Lipinski definition) is 1. The minimum Gasteiger partial charge on any atom is -0.462 e. The fourth-order valence-corrected chi connectivity index (χ4v) is 1.51. The molecule has 1 aromatic carbocycles. The summed E-state index contributed by atoms with van der Waals surface area (Å²) in [6.07, 6.45) is 2.45. The van der Waals surface area contributed by atoms with Crippen LogP contribution in [0.4, 0.5) is 5.69 Å². The van der Waals surface area contributed by atoms with E-state index in [1.807, 2.05) is 37.3 Å². The second-order valence-electron chi connectivity index (χ2n) is 3.96. The van der Waals surface area contributed by atoms with Crippen LogP contribution in [-0.4, -0.2) is 18.4 Å². The molecule has 0 amide bonds. The smallest absolute Gasteiger partial charge is 0.343 e. The van der Waals surface area contributed by atoms with E-state index in [2.05, 4.69) is 5.32 Å². The molecule has 1 N–H and O–H groups in total. The Hall–Kier alpha value is -2.10. The van der Waals surface area contributed by atoms with Gasteiger partial charge < -0.3 is 10.1 Å². The molecule has 0 aromatic heterocycles. The minimum atomic E-state index is -0.579. The lowest BCUT2D eigenvalue weighted by molar-refractivity contribution is -0.140. The Morgan fingerprint density at radius 3 is 2.47 bits per heavy atom. The number of Topliss-reactive ketones (excluding diaryl/α,β-unsaturated/α-hetero) is 1. The maximum Gasteiger partial charge on any atom is 0.343 e. The molecular formula is C15H19NO3. The zero-order valence-corrected chi connectivity index (χ0v) is 11.3. The Labute approximate surface area is 113 Å². The number of esters is 1. The molecule has 0 bridgehead atoms. The van der Waals surface area contributed by atoms with E-state index in [1.54, 1.807) is 6.92 Å². The minimum absolute atomic E-state index is 0.0625. The normalized spacial score (nSPS) is 10.9. The molecule has 102 valence electrons. The summed E-state index contributed by atoms with van der Waals surface area (Å²) < 4.78 is 4.89. The van der Waals surface area contributed by atoms with Crippen molar-refractivity contribution in [2.24, 2.45) is 0 Å². The van der Waals surface area contributed by atoms with Crippen molar-refractivity contribution in [1.82, 2.24) is 0 Å². The number of ketones is 1. The van der Waals surface area contributed by atoms with Crippen LogP contribution >= 0.6 is 0 Å². The molecule has 1 rings (SSSR count). The summed E-state index contributed by atoms with van der Waals surface area (Å²) >= 11 is 0. The summed E-state index contributed by atoms with van der Waals surface area (Å²) in [5, 5.41) is 2.94. The lowest BCUT2D eigenvalue weighted by Gasteiger charge is -2.07. The zero-order chi connectivity index (χ0) is 14.1. The highest BCUT2D eigenvalue weighted by Crippen LogP contribution is 2.09. The molecule has 0 saturated heterocycles. The number of benzene rings is 1. The monoisotopic (exact) mass is 261 g/mol. The van der Waals surface area contributed by atoms with Gasteiger partial charge in [0.1, 0.15) is 5.57 Å². The molecule has 0 aliphatic carbocycles. The van der Waals surface area contributed by atoms with Gasteiger partial charge in [0.05, 0.1) is 6.61 Å². The number of para-hydroxylation sites is 1. The number of nitrogens with one attached hydrogen (secondary N) is 1. The van der Waals surface area contributed by atoms with Gasteiger partial charge >= 0.3 is 5.97 Å². The molecular weight excluding hydrogens is 242 g/mol. The largest absolute Gasteiger partial charge is 0.462 e. The van der Waals surface area contributed by atoms with E-state index < -0.39 is 5.97 Å². The summed E-state index contributed by atoms with van der Waals surface area (Å²) in [5.41, 5.74) is 0.876. The van der Waals surface area contributed by atoms with E-state index in [9.17, 15) is 9.59 Å². The van der Waals surface area contributed by atoms with Gasteiger partial charge in [-0.2, -0.15) is 0 Å². The average molecular weight is 261 g/mol. The number of ether oxygens (including phenoxy) is 1. The maximum atomic E-state index is 11.9. The predicted octanol–water partition coefficient (Wildman–Crippen LogP) is 2.91. The molecule has 19 heavy (non-hydrogen) atoms. The fourth-order valence-electron chi connectivity index (χ4n) is 1.51. The van der Waals surface area contributed by atoms with Gasteiger partial charge in [0, 0.05) is 18.3 Å². The van der Waals surface area contributed by atoms with Crippen LogP contribution < -0.4 is 5.32 Å². The van der Waals surface area contributed by atoms with E-state index in [0.717, 1.165) is 5.69 Å². The van der Waals surface area contributed by atoms with Crippen LogP contribution in [0.25, 0.3) is 0 Å². The van der Waals surface area contributed by atoms with Crippen LogP contribution in [0.2, 0.25) is 0 Å². The fraction of sp³-hybridized carbons (Fsp3) is 0.333. The van der Waals surface area contributed by atoms with Gasteiger partial charge in [-0.15, -0.1) is 0 Å². The van der Waals surface area contributed by atoms with Gasteiger partial charge in [0.2, 0.25) is 0 Å². The van der Waals surface area contributed by atoms with E-state index in [-0.39, 0.29) is 18.0 Å². The van der Waals surface area contributed by atoms with Crippen molar-refractivity contribution in [3.8, 4) is 0 Å². The maximum absolute atomic E-state index is 11.9. The van der Waals surface area contributed by atoms with Crippen molar-refractivity contribution in [3.05, 3.63) is 42.1 Å². The van der Waals surface area contributed by atoms with Gasteiger partial charge in [0.15, 0.2) is 5.78 Å². The van der Waals surface area contributed by atoms with Gasteiger partial charge in [0.25, 0.3) is 0 Å². The van der Waals surface area contributed by atoms with E-state index in [1.165, 1.54) is 6.20 Å². The summed E-state index contributed by atoms with van der Waals surface area (Å²) in [5.74, 6) is -0.784. The third-order valence-electron chi connectivity index (χ3n) is 2.43. The van der Waals surface area contributed by atoms with Crippen molar-refractivity contribution < 1.29 is 14.3 Å². The SMILES string of the molecule is CCCC(=O)/C(=C/Nc1ccccc1)C(=O)OCC. The molecule has 0 unspecified atom stereocenters. The zero-order valence-electron chi connectivity index (χ0n) is 11.3. The number of rotatable bonds is 7. The van der Waals surface area contributed by atoms with E-state index >= 15 is 0 Å². The molecule has 4 nitrogen and oxygen atoms in total. The lowest BCUT2D eigenvalue weighted by atomic mass is 10.1. The Balaban J connectivity index is 2.83. The lowest BCUT2D eigenvalue weighted by Crippen LogP contribution is -2.17. The van der Waals surface area contributed by atoms with Crippen LogP contribution in [0.1, 0.15) is 26.7 Å². The van der Waals surface area contributed by atoms with Gasteiger partial charge in [-0.3, -0.25) is 4.79 Å². The predicted molar refractivity (Wildman–Crippen MR) is 74.7 cm³/mol. The van der Waals surface area contributed by atoms with Gasteiger partial charge in [-0.25, -0.2) is 4.79 Å². The standard InChI is InChI=1S/C15H19NO3/c1-3-8-14(17)13(15(18)19-4-2)11-16-12-9-6-5-7-10-12/h5-7,9-11,16H,3-4,8H2,1-2H3/b13-11-. The van der Waals surface area contributed by atoms with Gasteiger partial charge in [-0.05, 0) is 25.5 Å². The van der Waals surface area contributed by atoms with Crippen molar-refractivity contribution in [1.29, 1.82) is 0 Å². The first-order valence-corrected chi connectivity index (χ1v) is 6.41. The first kappa shape index (κ1) is 15.0. The van der Waals surface area contributed by atoms with Crippen LogP contribution in [0.3, 0.4) is 0 Å². The van der Waals surface area contributed by atoms with Crippen LogP contribution in [-0.2, 0) is 14.3 Å². The molecule has 0 radical (unpaired) electrons. The Kier molecular flexibility index (Phi) is 6.36. The number of carbonyl (C=O) groups is 2. The quantitative estimate of drug-likeness (QED) is 0.355. The molecule has 0 atom stereocenters. The molecule has 4 heteroatoms. The van der Waals surface area contributed by atoms with E-state index in [0.29, 0.717) is 12.8 Å². The summed E-state index contributed by atoms with van der Waals surface area (Å²) in [4.78, 5) is 23.6. The molecule has 0 fully saturated rings. The summed E-state index contributed by atoms with van der Waals surface area (Å²) in [6, 6.07) is 9.33. The van der Waals surface area contributed by atoms with Crippen molar-refractivity contribution in [2.75, 3.05) is 11.9 Å². The molecule has 1 aromatic rings. The van der Waals surface area contributed by atoms with Gasteiger partial charge in [-0.1, -0.05) is 25.1 Å². The van der Waals surface area contributed by atoms with Crippen LogP contribution in [0, 0.1) is 0 Å². The second-order valence-corrected chi connectivity index (χ2v) is 3.96. The van der Waals surface area contributed by atoms with Crippen molar-refractivity contribution in [2.45, 2.75) is 26.7 Å². The molecule has 0 aliphatic rings. The highest BCUT2D eigenvalue weighted by Gasteiger charge is 2.18. The van der Waals surface area contributed by atoms with Crippen LogP contribution in [0.15, 0.2) is 42.1 Å². The highest BCUT2D eigenvalue weighted by atomic mass is 16.5. The molecule has 0 aliphatic heterocycles. The Morgan fingerprint density at radius 1 is 1.21 bits per heavy atom. The first-order chi connectivity index (χ1) is 9.19.